The molecule has 0 saturated carbocycles. The average Bonchev–Trinajstić information content (AvgIpc) is 3.28. The van der Waals surface area contributed by atoms with Crippen molar-refractivity contribution in [2.75, 3.05) is 19.0 Å². The zero-order valence-corrected chi connectivity index (χ0v) is 20.6. The van der Waals surface area contributed by atoms with E-state index in [1.54, 1.807) is 29.2 Å². The van der Waals surface area contributed by atoms with Crippen molar-refractivity contribution in [3.8, 4) is 22.9 Å². The predicted octanol–water partition coefficient (Wildman–Crippen LogP) is 3.82. The number of nitriles is 1. The molecule has 2 amide bonds. The van der Waals surface area contributed by atoms with Gasteiger partial charge in [0.1, 0.15) is 11.4 Å². The van der Waals surface area contributed by atoms with Crippen LogP contribution in [-0.4, -0.2) is 56.3 Å². The van der Waals surface area contributed by atoms with Crippen molar-refractivity contribution in [1.29, 1.82) is 5.26 Å². The van der Waals surface area contributed by atoms with Gasteiger partial charge in [-0.15, -0.1) is 0 Å². The molecule has 1 atom stereocenters. The van der Waals surface area contributed by atoms with Crippen LogP contribution in [-0.2, 0) is 0 Å². The molecule has 0 aliphatic carbocycles. The van der Waals surface area contributed by atoms with E-state index in [0.29, 0.717) is 50.3 Å². The quantitative estimate of drug-likeness (QED) is 0.438. The lowest BCUT2D eigenvalue weighted by Crippen LogP contribution is -2.49. The number of aromatic nitrogens is 4. The number of anilines is 1. The van der Waals surface area contributed by atoms with E-state index < -0.39 is 5.91 Å². The summed E-state index contributed by atoms with van der Waals surface area (Å²) in [5.74, 6) is -0.0755. The third-order valence-corrected chi connectivity index (χ3v) is 6.90. The number of pyridine rings is 1. The maximum Gasteiger partial charge on any atom is 0.274 e. The van der Waals surface area contributed by atoms with Crippen LogP contribution in [0.5, 0.6) is 5.75 Å². The van der Waals surface area contributed by atoms with Gasteiger partial charge < -0.3 is 9.64 Å². The number of nitrogens with zero attached hydrogens (tertiary/aromatic N) is 6. The molecule has 36 heavy (non-hydrogen) atoms. The Labute approximate surface area is 210 Å². The van der Waals surface area contributed by atoms with Crippen molar-refractivity contribution < 1.29 is 14.3 Å². The number of rotatable bonds is 5. The van der Waals surface area contributed by atoms with Crippen LogP contribution in [0.25, 0.3) is 21.6 Å². The molecule has 180 valence electrons. The van der Waals surface area contributed by atoms with Crippen molar-refractivity contribution in [3.63, 3.8) is 0 Å². The molecule has 4 heterocycles. The van der Waals surface area contributed by atoms with E-state index in [1.807, 2.05) is 13.8 Å². The highest BCUT2D eigenvalue weighted by atomic mass is 32.1. The summed E-state index contributed by atoms with van der Waals surface area (Å²) in [4.78, 5) is 45.5. The van der Waals surface area contributed by atoms with Crippen LogP contribution in [0.4, 0.5) is 5.13 Å². The zero-order chi connectivity index (χ0) is 25.4. The normalized spacial score (nSPS) is 14.7. The second-order valence-corrected chi connectivity index (χ2v) is 9.37. The van der Waals surface area contributed by atoms with Gasteiger partial charge in [0.15, 0.2) is 15.6 Å². The van der Waals surface area contributed by atoms with Crippen LogP contribution >= 0.6 is 11.3 Å². The third kappa shape index (κ3) is 4.23. The predicted molar refractivity (Wildman–Crippen MR) is 134 cm³/mol. The fraction of sp³-hybridized carbons (Fsp3) is 0.240. The Morgan fingerprint density at radius 2 is 2.03 bits per heavy atom. The van der Waals surface area contributed by atoms with Gasteiger partial charge in [0, 0.05) is 35.6 Å². The zero-order valence-electron chi connectivity index (χ0n) is 19.8. The van der Waals surface area contributed by atoms with E-state index in [4.69, 9.17) is 4.74 Å². The summed E-state index contributed by atoms with van der Waals surface area (Å²) < 4.78 is 5.48. The number of amides is 2. The van der Waals surface area contributed by atoms with Gasteiger partial charge in [0.2, 0.25) is 0 Å². The van der Waals surface area contributed by atoms with Crippen molar-refractivity contribution in [2.45, 2.75) is 26.3 Å². The standard InChI is InChI=1S/C25H21N7O3S/c1-13-8-16(17-9-15(10-26)4-5-20(17)35-3)18(11-27-13)22(33)31-25-30-21-23(36-25)29-19(12-28-21)24(34)32-7-6-14(32)2/h4-5,8-9,11-12,14H,6-7H2,1-3H3,(H,28,30,31,33)/t14-/m1/s1. The molecule has 0 spiro atoms. The fourth-order valence-corrected chi connectivity index (χ4v) is 4.75. The summed E-state index contributed by atoms with van der Waals surface area (Å²) in [6, 6.07) is 9.09. The smallest absolute Gasteiger partial charge is 0.274 e. The van der Waals surface area contributed by atoms with Crippen LogP contribution in [0.2, 0.25) is 0 Å². The SMILES string of the molecule is COc1ccc(C#N)cc1-c1cc(C)ncc1C(=O)Nc1nc2ncc(C(=O)N3CC[C@H]3C)nc2s1. The molecule has 0 unspecified atom stereocenters. The molecule has 11 heteroatoms. The number of aryl methyl sites for hydroxylation is 1. The molecule has 1 saturated heterocycles. The van der Waals surface area contributed by atoms with Gasteiger partial charge >= 0.3 is 0 Å². The van der Waals surface area contributed by atoms with Crippen LogP contribution in [0, 0.1) is 18.3 Å². The molecular weight excluding hydrogens is 478 g/mol. The van der Waals surface area contributed by atoms with Crippen molar-refractivity contribution >= 4 is 38.8 Å². The lowest BCUT2D eigenvalue weighted by molar-refractivity contribution is 0.0496. The maximum atomic E-state index is 13.3. The first-order valence-electron chi connectivity index (χ1n) is 11.2. The Hall–Kier alpha value is -4.43. The van der Waals surface area contributed by atoms with E-state index >= 15 is 0 Å². The minimum atomic E-state index is -0.438. The molecule has 1 aliphatic rings. The Balaban J connectivity index is 1.46. The highest BCUT2D eigenvalue weighted by molar-refractivity contribution is 7.21. The van der Waals surface area contributed by atoms with Crippen LogP contribution < -0.4 is 10.1 Å². The molecule has 1 fully saturated rings. The second-order valence-electron chi connectivity index (χ2n) is 8.39. The molecule has 10 nitrogen and oxygen atoms in total. The minimum Gasteiger partial charge on any atom is -0.496 e. The Kier molecular flexibility index (Phi) is 6.03. The number of carbonyl (C=O) groups excluding carboxylic acids is 2. The number of fused-ring (bicyclic) bond motifs is 1. The van der Waals surface area contributed by atoms with E-state index in [-0.39, 0.29) is 23.2 Å². The average molecular weight is 500 g/mol. The van der Waals surface area contributed by atoms with Gasteiger partial charge in [-0.25, -0.2) is 9.97 Å². The lowest BCUT2D eigenvalue weighted by Gasteiger charge is -2.38. The Morgan fingerprint density at radius 3 is 2.72 bits per heavy atom. The number of ether oxygens (including phenoxy) is 1. The largest absolute Gasteiger partial charge is 0.496 e. The number of likely N-dealkylation sites (tertiary alicyclic amines) is 1. The lowest BCUT2D eigenvalue weighted by atomic mass is 9.97. The number of hydrogen-bond acceptors (Lipinski definition) is 9. The van der Waals surface area contributed by atoms with E-state index in [0.717, 1.165) is 17.8 Å². The number of carbonyl (C=O) groups is 2. The molecular formula is C25H21N7O3S. The molecule has 1 aliphatic heterocycles. The highest BCUT2D eigenvalue weighted by Crippen LogP contribution is 2.34. The number of hydrogen-bond donors (Lipinski definition) is 1. The number of thiazole rings is 1. The van der Waals surface area contributed by atoms with Crippen LogP contribution in [0.3, 0.4) is 0 Å². The number of methoxy groups -OCH3 is 1. The monoisotopic (exact) mass is 499 g/mol. The fourth-order valence-electron chi connectivity index (χ4n) is 3.96. The topological polar surface area (TPSA) is 134 Å². The third-order valence-electron chi connectivity index (χ3n) is 6.05. The first-order valence-corrected chi connectivity index (χ1v) is 12.0. The Morgan fingerprint density at radius 1 is 1.19 bits per heavy atom. The second kappa shape index (κ2) is 9.31. The van der Waals surface area contributed by atoms with Crippen molar-refractivity contribution in [3.05, 3.63) is 59.2 Å². The van der Waals surface area contributed by atoms with Gasteiger partial charge in [-0.05, 0) is 44.5 Å². The molecule has 0 radical (unpaired) electrons. The summed E-state index contributed by atoms with van der Waals surface area (Å²) in [5.41, 5.74) is 3.20. The van der Waals surface area contributed by atoms with Crippen molar-refractivity contribution in [2.24, 2.45) is 0 Å². The minimum absolute atomic E-state index is 0.161. The van der Waals surface area contributed by atoms with Gasteiger partial charge in [-0.2, -0.15) is 10.2 Å². The highest BCUT2D eigenvalue weighted by Gasteiger charge is 2.30. The van der Waals surface area contributed by atoms with Gasteiger partial charge in [-0.3, -0.25) is 19.9 Å². The number of benzene rings is 1. The van der Waals surface area contributed by atoms with Gasteiger partial charge in [0.25, 0.3) is 11.8 Å². The van der Waals surface area contributed by atoms with Crippen LogP contribution in [0.15, 0.2) is 36.7 Å². The van der Waals surface area contributed by atoms with E-state index in [1.165, 1.54) is 19.5 Å². The van der Waals surface area contributed by atoms with E-state index in [9.17, 15) is 14.9 Å². The first kappa shape index (κ1) is 23.3. The molecule has 1 aromatic carbocycles. The van der Waals surface area contributed by atoms with Gasteiger partial charge in [0.05, 0.1) is 30.5 Å². The molecule has 4 aromatic rings. The summed E-state index contributed by atoms with van der Waals surface area (Å²) >= 11 is 1.13. The molecule has 5 rings (SSSR count). The number of nitrogens with one attached hydrogen (secondary N) is 1. The van der Waals surface area contributed by atoms with Crippen molar-refractivity contribution in [1.82, 2.24) is 24.8 Å². The van der Waals surface area contributed by atoms with Gasteiger partial charge in [-0.1, -0.05) is 11.3 Å². The maximum absolute atomic E-state index is 13.3. The molecule has 3 aromatic heterocycles. The van der Waals surface area contributed by atoms with E-state index in [2.05, 4.69) is 31.3 Å². The summed E-state index contributed by atoms with van der Waals surface area (Å²) in [6.45, 7) is 4.52. The molecule has 0 bridgehead atoms. The summed E-state index contributed by atoms with van der Waals surface area (Å²) in [7, 11) is 1.53. The molecule has 1 N–H and O–H groups in total. The first-order chi connectivity index (χ1) is 17.4. The summed E-state index contributed by atoms with van der Waals surface area (Å²) in [6.07, 6.45) is 3.87. The van der Waals surface area contributed by atoms with Crippen LogP contribution in [0.1, 0.15) is 45.4 Å². The summed E-state index contributed by atoms with van der Waals surface area (Å²) in [5, 5.41) is 12.4. The Bertz CT molecular complexity index is 1560.